The van der Waals surface area contributed by atoms with Gasteiger partial charge in [0.1, 0.15) is 31.7 Å². The minimum Gasteiger partial charge on any atom is -0.396 e. The average molecular weight is 319 g/mol. The highest BCUT2D eigenvalue weighted by Gasteiger charge is 2.63. The highest BCUT2D eigenvalue weighted by Crippen LogP contribution is 2.44. The molecule has 10 heteroatoms. The molecule has 2 rings (SSSR count). The highest BCUT2D eigenvalue weighted by atomic mass is 16.8. The van der Waals surface area contributed by atoms with Gasteiger partial charge >= 0.3 is 0 Å². The van der Waals surface area contributed by atoms with Crippen LogP contribution in [0.15, 0.2) is 5.11 Å². The first-order valence-corrected chi connectivity index (χ1v) is 6.84. The fraction of sp³-hybridized carbons (Fsp3) is 1.00. The van der Waals surface area contributed by atoms with Gasteiger partial charge in [0.25, 0.3) is 0 Å². The molecule has 126 valence electrons. The van der Waals surface area contributed by atoms with Crippen LogP contribution in [0.4, 0.5) is 0 Å². The zero-order chi connectivity index (χ0) is 16.4. The Morgan fingerprint density at radius 3 is 2.68 bits per heavy atom. The van der Waals surface area contributed by atoms with Gasteiger partial charge in [0.15, 0.2) is 5.79 Å². The number of nitrogens with zero attached hydrogens (tertiary/aromatic N) is 3. The lowest BCUT2D eigenvalue weighted by Gasteiger charge is -2.30. The monoisotopic (exact) mass is 319 g/mol. The molecule has 10 nitrogen and oxygen atoms in total. The standard InChI is InChI=1S/C12H21N3O7/c1-11(2)20-9-8(7(4-16)14-15-13)21-12(17,10(9)22-11)5-19-6-18-3/h7-10,16-17H,4-6H2,1-3H3/t7-,8+,9-,10-,12?/m1/s1. The molecule has 2 fully saturated rings. The Labute approximate surface area is 127 Å². The van der Waals surface area contributed by atoms with Gasteiger partial charge < -0.3 is 33.9 Å². The second-order valence-corrected chi connectivity index (χ2v) is 5.66. The van der Waals surface area contributed by atoms with Gasteiger partial charge in [-0.25, -0.2) is 0 Å². The number of ether oxygens (including phenoxy) is 5. The van der Waals surface area contributed by atoms with Crippen molar-refractivity contribution in [1.82, 2.24) is 0 Å². The normalized spacial score (nSPS) is 37.6. The maximum Gasteiger partial charge on any atom is 0.219 e. The van der Waals surface area contributed by atoms with Gasteiger partial charge in [0, 0.05) is 12.0 Å². The smallest absolute Gasteiger partial charge is 0.219 e. The van der Waals surface area contributed by atoms with E-state index in [1.54, 1.807) is 13.8 Å². The molecule has 0 saturated carbocycles. The van der Waals surface area contributed by atoms with Crippen molar-refractivity contribution in [2.75, 3.05) is 27.1 Å². The molecule has 0 spiro atoms. The molecule has 0 aromatic heterocycles. The van der Waals surface area contributed by atoms with Crippen LogP contribution in [0.25, 0.3) is 10.4 Å². The molecule has 2 aliphatic rings. The predicted molar refractivity (Wildman–Crippen MR) is 71.5 cm³/mol. The number of rotatable bonds is 7. The number of hydrogen-bond acceptors (Lipinski definition) is 8. The summed E-state index contributed by atoms with van der Waals surface area (Å²) in [6.07, 6.45) is -2.40. The number of aliphatic hydroxyl groups excluding tert-OH is 1. The summed E-state index contributed by atoms with van der Waals surface area (Å²) in [5.74, 6) is -2.73. The van der Waals surface area contributed by atoms with Crippen LogP contribution in [0.1, 0.15) is 13.8 Å². The lowest BCUT2D eigenvalue weighted by Crippen LogP contribution is -2.47. The number of methoxy groups -OCH3 is 1. The van der Waals surface area contributed by atoms with Crippen molar-refractivity contribution in [2.24, 2.45) is 5.11 Å². The summed E-state index contributed by atoms with van der Waals surface area (Å²) in [5.41, 5.74) is 8.59. The van der Waals surface area contributed by atoms with Crippen LogP contribution < -0.4 is 0 Å². The first-order chi connectivity index (χ1) is 10.4. The Morgan fingerprint density at radius 2 is 2.09 bits per heavy atom. The summed E-state index contributed by atoms with van der Waals surface area (Å²) in [6, 6.07) is -0.911. The Hall–Kier alpha value is -0.970. The third kappa shape index (κ3) is 3.34. The van der Waals surface area contributed by atoms with Gasteiger partial charge in [0.2, 0.25) is 5.79 Å². The van der Waals surface area contributed by atoms with E-state index < -0.39 is 42.5 Å². The molecule has 0 radical (unpaired) electrons. The third-order valence-electron chi connectivity index (χ3n) is 3.51. The van der Waals surface area contributed by atoms with Crippen molar-refractivity contribution in [1.29, 1.82) is 0 Å². The highest BCUT2D eigenvalue weighted by molar-refractivity contribution is 5.05. The van der Waals surface area contributed by atoms with Gasteiger partial charge in [-0.2, -0.15) is 0 Å². The lowest BCUT2D eigenvalue weighted by molar-refractivity contribution is -0.295. The fourth-order valence-electron chi connectivity index (χ4n) is 2.71. The molecule has 2 heterocycles. The quantitative estimate of drug-likeness (QED) is 0.219. The molecule has 22 heavy (non-hydrogen) atoms. The number of azide groups is 1. The van der Waals surface area contributed by atoms with Crippen molar-refractivity contribution in [2.45, 2.75) is 49.8 Å². The van der Waals surface area contributed by atoms with Gasteiger partial charge in [-0.1, -0.05) is 5.11 Å². The van der Waals surface area contributed by atoms with E-state index in [0.717, 1.165) is 0 Å². The van der Waals surface area contributed by atoms with Gasteiger partial charge in [-0.05, 0) is 19.4 Å². The zero-order valence-electron chi connectivity index (χ0n) is 12.7. The number of aliphatic hydroxyl groups is 2. The van der Waals surface area contributed by atoms with Crippen LogP contribution in [0.5, 0.6) is 0 Å². The maximum absolute atomic E-state index is 10.7. The van der Waals surface area contributed by atoms with Crippen LogP contribution in [0, 0.1) is 0 Å². The second-order valence-electron chi connectivity index (χ2n) is 5.66. The topological polar surface area (TPSA) is 135 Å². The van der Waals surface area contributed by atoms with Gasteiger partial charge in [-0.15, -0.1) is 0 Å². The molecule has 0 aliphatic carbocycles. The van der Waals surface area contributed by atoms with Crippen molar-refractivity contribution < 1.29 is 33.9 Å². The minimum absolute atomic E-state index is 0.0300. The maximum atomic E-state index is 10.7. The van der Waals surface area contributed by atoms with E-state index in [9.17, 15) is 10.2 Å². The molecule has 5 atom stereocenters. The molecule has 2 N–H and O–H groups in total. The average Bonchev–Trinajstić information content (AvgIpc) is 2.90. The molecule has 2 aliphatic heterocycles. The van der Waals surface area contributed by atoms with Crippen LogP contribution in [-0.4, -0.2) is 73.3 Å². The summed E-state index contributed by atoms with van der Waals surface area (Å²) in [7, 11) is 1.45. The van der Waals surface area contributed by atoms with Gasteiger partial charge in [-0.3, -0.25) is 0 Å². The van der Waals surface area contributed by atoms with Crippen LogP contribution >= 0.6 is 0 Å². The molecule has 1 unspecified atom stereocenters. The van der Waals surface area contributed by atoms with E-state index in [1.165, 1.54) is 7.11 Å². The first kappa shape index (κ1) is 17.4. The summed E-state index contributed by atoms with van der Waals surface area (Å²) < 4.78 is 26.9. The van der Waals surface area contributed by atoms with Crippen LogP contribution in [0.2, 0.25) is 0 Å². The van der Waals surface area contributed by atoms with E-state index in [4.69, 9.17) is 29.2 Å². The predicted octanol–water partition coefficient (Wildman–Crippen LogP) is -0.114. The van der Waals surface area contributed by atoms with E-state index in [-0.39, 0.29) is 13.4 Å². The van der Waals surface area contributed by atoms with Crippen molar-refractivity contribution >= 4 is 0 Å². The lowest BCUT2D eigenvalue weighted by atomic mass is 10.0. The summed E-state index contributed by atoms with van der Waals surface area (Å²) >= 11 is 0. The van der Waals surface area contributed by atoms with E-state index >= 15 is 0 Å². The summed E-state index contributed by atoms with van der Waals surface area (Å²) in [5, 5.41) is 23.5. The van der Waals surface area contributed by atoms with Gasteiger partial charge in [0.05, 0.1) is 12.6 Å². The number of hydrogen-bond donors (Lipinski definition) is 2. The SMILES string of the molecule is COCOCC1(O)O[C@@H]([C@@H](CO)N=[N+]=[N-])[C@H]2OC(C)(C)O[C@H]21. The summed E-state index contributed by atoms with van der Waals surface area (Å²) in [4.78, 5) is 2.68. The number of fused-ring (bicyclic) bond motifs is 1. The Balaban J connectivity index is 2.21. The van der Waals surface area contributed by atoms with Crippen molar-refractivity contribution in [3.63, 3.8) is 0 Å². The van der Waals surface area contributed by atoms with Crippen LogP contribution in [-0.2, 0) is 23.7 Å². The third-order valence-corrected chi connectivity index (χ3v) is 3.51. The van der Waals surface area contributed by atoms with E-state index in [0.29, 0.717) is 0 Å². The zero-order valence-corrected chi connectivity index (χ0v) is 12.7. The fourth-order valence-corrected chi connectivity index (χ4v) is 2.71. The first-order valence-electron chi connectivity index (χ1n) is 6.84. The molecular formula is C12H21N3O7. The summed E-state index contributed by atoms with van der Waals surface area (Å²) in [6.45, 7) is 2.70. The molecule has 0 amide bonds. The molecule has 0 aromatic carbocycles. The van der Waals surface area contributed by atoms with Crippen molar-refractivity contribution in [3.8, 4) is 0 Å². The minimum atomic E-state index is -1.79. The van der Waals surface area contributed by atoms with Crippen molar-refractivity contribution in [3.05, 3.63) is 10.4 Å². The Morgan fingerprint density at radius 1 is 1.36 bits per heavy atom. The molecule has 2 saturated heterocycles. The second kappa shape index (κ2) is 6.65. The largest absolute Gasteiger partial charge is 0.396 e. The Bertz CT molecular complexity index is 442. The molecule has 0 aromatic rings. The molecular weight excluding hydrogens is 298 g/mol. The van der Waals surface area contributed by atoms with E-state index in [2.05, 4.69) is 10.0 Å². The van der Waals surface area contributed by atoms with Crippen LogP contribution in [0.3, 0.4) is 0 Å². The Kier molecular flexibility index (Phi) is 5.25. The molecule has 0 bridgehead atoms. The van der Waals surface area contributed by atoms with E-state index in [1.807, 2.05) is 0 Å².